The number of aliphatic imine (C=N–C) groups is 1. The molecular weight excluding hydrogens is 495 g/mol. The van der Waals surface area contributed by atoms with E-state index in [-0.39, 0.29) is 24.0 Å². The monoisotopic (exact) mass is 514 g/mol. The van der Waals surface area contributed by atoms with Crippen LogP contribution in [0.4, 0.5) is 0 Å². The molecule has 0 saturated carbocycles. The van der Waals surface area contributed by atoms with Gasteiger partial charge in [0.1, 0.15) is 0 Å². The van der Waals surface area contributed by atoms with Gasteiger partial charge in [-0.1, -0.05) is 0 Å². The first-order chi connectivity index (χ1) is 10.1. The number of rotatable bonds is 5. The predicted octanol–water partition coefficient (Wildman–Crippen LogP) is 4.11. The third kappa shape index (κ3) is 6.13. The second kappa shape index (κ2) is 9.84. The topological polar surface area (TPSA) is 49.3 Å². The number of hydrogen-bond acceptors (Lipinski definition) is 4. The Kier molecular flexibility index (Phi) is 8.88. The summed E-state index contributed by atoms with van der Waals surface area (Å²) in [6, 6.07) is 2.12. The summed E-state index contributed by atoms with van der Waals surface area (Å²) in [5, 5.41) is 9.94. The van der Waals surface area contributed by atoms with Gasteiger partial charge in [0.25, 0.3) is 0 Å². The number of nitrogens with one attached hydrogen (secondary N) is 2. The van der Waals surface area contributed by atoms with Gasteiger partial charge in [0.15, 0.2) is 5.96 Å². The van der Waals surface area contributed by atoms with E-state index in [1.54, 1.807) is 29.7 Å². The Hall–Kier alpha value is -0.190. The maximum absolute atomic E-state index is 4.54. The van der Waals surface area contributed by atoms with E-state index in [0.29, 0.717) is 0 Å². The number of halogens is 2. The van der Waals surface area contributed by atoms with Gasteiger partial charge in [-0.05, 0) is 46.8 Å². The van der Waals surface area contributed by atoms with Gasteiger partial charge in [-0.3, -0.25) is 4.99 Å². The van der Waals surface area contributed by atoms with E-state index in [9.17, 15) is 0 Å². The molecule has 122 valence electrons. The summed E-state index contributed by atoms with van der Waals surface area (Å²) >= 11 is 6.93. The number of aromatic nitrogens is 1. The molecule has 4 nitrogen and oxygen atoms in total. The number of thiazole rings is 1. The summed E-state index contributed by atoms with van der Waals surface area (Å²) in [6.07, 6.45) is 0.921. The molecule has 0 unspecified atom stereocenters. The first kappa shape index (κ1) is 19.9. The minimum Gasteiger partial charge on any atom is -0.356 e. The van der Waals surface area contributed by atoms with E-state index >= 15 is 0 Å². The molecule has 2 N–H and O–H groups in total. The van der Waals surface area contributed by atoms with Crippen LogP contribution in [0.5, 0.6) is 0 Å². The maximum atomic E-state index is 4.54. The second-order valence-corrected chi connectivity index (χ2v) is 8.19. The molecule has 0 spiro atoms. The largest absolute Gasteiger partial charge is 0.356 e. The van der Waals surface area contributed by atoms with Crippen molar-refractivity contribution in [3.05, 3.63) is 36.4 Å². The number of aryl methyl sites for hydroxylation is 2. The lowest BCUT2D eigenvalue weighted by molar-refractivity contribution is 0.792. The molecule has 0 aromatic carbocycles. The van der Waals surface area contributed by atoms with Crippen molar-refractivity contribution in [3.8, 4) is 0 Å². The molecule has 0 bridgehead atoms. The number of hydrogen-bond donors (Lipinski definition) is 2. The molecule has 0 saturated heterocycles. The molecule has 0 amide bonds. The van der Waals surface area contributed by atoms with Crippen LogP contribution in [0.2, 0.25) is 0 Å². The van der Waals surface area contributed by atoms with Crippen LogP contribution in [0.1, 0.15) is 21.1 Å². The van der Waals surface area contributed by atoms with Crippen LogP contribution >= 0.6 is 62.6 Å². The average Bonchev–Trinajstić information content (AvgIpc) is 3.00. The molecule has 0 fully saturated rings. The second-order valence-electron chi connectivity index (χ2n) is 4.61. The third-order valence-electron chi connectivity index (χ3n) is 3.01. The van der Waals surface area contributed by atoms with Crippen molar-refractivity contribution in [2.24, 2.45) is 4.99 Å². The highest BCUT2D eigenvalue weighted by atomic mass is 127. The predicted molar refractivity (Wildman–Crippen MR) is 111 cm³/mol. The summed E-state index contributed by atoms with van der Waals surface area (Å²) in [5.74, 6) is 0.822. The minimum atomic E-state index is 0. The van der Waals surface area contributed by atoms with Crippen molar-refractivity contribution >= 4 is 68.5 Å². The average molecular weight is 515 g/mol. The first-order valence-electron chi connectivity index (χ1n) is 6.69. The van der Waals surface area contributed by atoms with Crippen molar-refractivity contribution in [2.45, 2.75) is 26.8 Å². The molecule has 22 heavy (non-hydrogen) atoms. The van der Waals surface area contributed by atoms with Crippen LogP contribution in [0.15, 0.2) is 20.2 Å². The Balaban J connectivity index is 0.00000242. The zero-order chi connectivity index (χ0) is 15.2. The van der Waals surface area contributed by atoms with Gasteiger partial charge >= 0.3 is 0 Å². The quantitative estimate of drug-likeness (QED) is 0.358. The van der Waals surface area contributed by atoms with E-state index in [1.165, 1.54) is 15.4 Å². The molecule has 0 aliphatic rings. The molecule has 0 atom stereocenters. The van der Waals surface area contributed by atoms with E-state index in [0.717, 1.165) is 35.0 Å². The lowest BCUT2D eigenvalue weighted by atomic mass is 10.3. The van der Waals surface area contributed by atoms with Crippen molar-refractivity contribution in [1.29, 1.82) is 0 Å². The molecule has 2 aromatic rings. The zero-order valence-corrected chi connectivity index (χ0v) is 18.3. The van der Waals surface area contributed by atoms with Crippen LogP contribution < -0.4 is 10.6 Å². The number of guanidine groups is 1. The van der Waals surface area contributed by atoms with E-state index in [2.05, 4.69) is 61.8 Å². The molecule has 2 aromatic heterocycles. The molecule has 0 aliphatic carbocycles. The third-order valence-corrected chi connectivity index (χ3v) is 5.70. The fourth-order valence-corrected chi connectivity index (χ4v) is 3.92. The summed E-state index contributed by atoms with van der Waals surface area (Å²) in [7, 11) is 1.79. The molecular formula is C14H20BrIN4S2. The first-order valence-corrected chi connectivity index (χ1v) is 9.17. The molecule has 8 heteroatoms. The summed E-state index contributed by atoms with van der Waals surface area (Å²) in [4.78, 5) is 10.1. The van der Waals surface area contributed by atoms with Crippen LogP contribution in [0.3, 0.4) is 0 Å². The zero-order valence-electron chi connectivity index (χ0n) is 12.8. The van der Waals surface area contributed by atoms with Crippen LogP contribution in [0.25, 0.3) is 0 Å². The smallest absolute Gasteiger partial charge is 0.191 e. The van der Waals surface area contributed by atoms with Gasteiger partial charge in [0.05, 0.1) is 14.5 Å². The lowest BCUT2D eigenvalue weighted by Crippen LogP contribution is -2.37. The fraction of sp³-hybridized carbons (Fsp3) is 0.429. The normalized spacial score (nSPS) is 11.2. The van der Waals surface area contributed by atoms with Crippen LogP contribution in [0, 0.1) is 13.8 Å². The van der Waals surface area contributed by atoms with Crippen molar-refractivity contribution in [1.82, 2.24) is 15.6 Å². The van der Waals surface area contributed by atoms with Crippen molar-refractivity contribution < 1.29 is 0 Å². The van der Waals surface area contributed by atoms with Gasteiger partial charge in [0, 0.05) is 31.4 Å². The Labute approximate surface area is 165 Å². The highest BCUT2D eigenvalue weighted by molar-refractivity contribution is 14.0. The number of thiophene rings is 1. The van der Waals surface area contributed by atoms with Gasteiger partial charge in [-0.25, -0.2) is 4.98 Å². The highest BCUT2D eigenvalue weighted by Gasteiger charge is 2.04. The van der Waals surface area contributed by atoms with Gasteiger partial charge in [-0.2, -0.15) is 0 Å². The van der Waals surface area contributed by atoms with E-state index in [1.807, 2.05) is 0 Å². The van der Waals surface area contributed by atoms with Gasteiger partial charge < -0.3 is 10.6 Å². The van der Waals surface area contributed by atoms with Crippen molar-refractivity contribution in [3.63, 3.8) is 0 Å². The Morgan fingerprint density at radius 3 is 2.68 bits per heavy atom. The summed E-state index contributed by atoms with van der Waals surface area (Å²) in [5.41, 5.74) is 2.39. The minimum absolute atomic E-state index is 0. The van der Waals surface area contributed by atoms with E-state index < -0.39 is 0 Å². The Morgan fingerprint density at radius 1 is 1.36 bits per heavy atom. The Bertz CT molecular complexity index is 605. The number of nitrogens with zero attached hydrogens (tertiary/aromatic N) is 2. The van der Waals surface area contributed by atoms with Crippen LogP contribution in [-0.4, -0.2) is 24.5 Å². The fourth-order valence-electron chi connectivity index (χ4n) is 1.78. The summed E-state index contributed by atoms with van der Waals surface area (Å²) in [6.45, 7) is 5.78. The summed E-state index contributed by atoms with van der Waals surface area (Å²) < 4.78 is 1.15. The Morgan fingerprint density at radius 2 is 2.14 bits per heavy atom. The maximum Gasteiger partial charge on any atom is 0.191 e. The van der Waals surface area contributed by atoms with Gasteiger partial charge in [0.2, 0.25) is 0 Å². The van der Waals surface area contributed by atoms with Crippen LogP contribution in [-0.2, 0) is 13.0 Å². The SMILES string of the molecule is CN=C(NCCc1nc(C)c(C)s1)NCc1csc(Br)c1.I. The highest BCUT2D eigenvalue weighted by Crippen LogP contribution is 2.20. The molecule has 0 radical (unpaired) electrons. The molecule has 0 aliphatic heterocycles. The molecule has 2 rings (SSSR count). The van der Waals surface area contributed by atoms with Crippen molar-refractivity contribution in [2.75, 3.05) is 13.6 Å². The van der Waals surface area contributed by atoms with Gasteiger partial charge in [-0.15, -0.1) is 46.7 Å². The standard InChI is InChI=1S/C14H19BrN4S2.HI/c1-9-10(2)21-13(19-9)4-5-17-14(16-3)18-7-11-6-12(15)20-8-11;/h6,8H,4-5,7H2,1-3H3,(H2,16,17,18);1H. The molecule has 2 heterocycles. The lowest BCUT2D eigenvalue weighted by Gasteiger charge is -2.10. The van der Waals surface area contributed by atoms with E-state index in [4.69, 9.17) is 0 Å².